The highest BCUT2D eigenvalue weighted by molar-refractivity contribution is 6.23. The van der Waals surface area contributed by atoms with Gasteiger partial charge in [-0.05, 0) is 57.9 Å². The standard InChI is InChI=1S/C39H39N7O2/c1-45(23-20-40)21-11-22-46(2)24-33(38(47)34-25-12-3-7-16-29(25)41-30-17-8-4-13-26(30)34)44-39(48)35-27-14-5-9-18-31(27)42-36-28-15-6-10-19-32(28)43-37(35)36/h3-10,12-19,33,43H,11,20-24,40H2,1-2H3,(H,44,48). The zero-order chi connectivity index (χ0) is 33.2. The van der Waals surface area contributed by atoms with Gasteiger partial charge >= 0.3 is 0 Å². The number of hydrogen-bond acceptors (Lipinski definition) is 7. The largest absolute Gasteiger partial charge is 0.353 e. The summed E-state index contributed by atoms with van der Waals surface area (Å²) in [6, 6.07) is 30.1. The summed E-state index contributed by atoms with van der Waals surface area (Å²) in [4.78, 5) is 47.1. The molecule has 4 N–H and O–H groups in total. The SMILES string of the molecule is CN(CCN)CCCN(C)CC(NC(=O)c1c2ccccc2nc2c1[nH]c1ccccc12)C(=O)c1c2ccccc2nc2ccccc12. The maximum atomic E-state index is 14.9. The minimum absolute atomic E-state index is 0.156. The summed E-state index contributed by atoms with van der Waals surface area (Å²) in [5.41, 5.74) is 11.2. The Hall–Kier alpha value is -5.22. The van der Waals surface area contributed by atoms with Crippen molar-refractivity contribution in [3.05, 3.63) is 108 Å². The van der Waals surface area contributed by atoms with Crippen molar-refractivity contribution < 1.29 is 9.59 Å². The number of fused-ring (bicyclic) bond motifs is 6. The Labute approximate surface area is 278 Å². The van der Waals surface area contributed by atoms with Gasteiger partial charge in [0.15, 0.2) is 5.78 Å². The molecule has 3 heterocycles. The Morgan fingerprint density at radius 3 is 1.90 bits per heavy atom. The molecule has 0 saturated carbocycles. The number of rotatable bonds is 12. The van der Waals surface area contributed by atoms with Gasteiger partial charge in [0, 0.05) is 52.3 Å². The molecule has 1 atom stereocenters. The molecule has 7 rings (SSSR count). The lowest BCUT2D eigenvalue weighted by Gasteiger charge is -2.26. The Kier molecular flexibility index (Phi) is 8.82. The third kappa shape index (κ3) is 5.99. The highest BCUT2D eigenvalue weighted by Crippen LogP contribution is 2.32. The fourth-order valence-electron chi connectivity index (χ4n) is 6.75. The van der Waals surface area contributed by atoms with E-state index in [2.05, 4.69) is 27.1 Å². The highest BCUT2D eigenvalue weighted by atomic mass is 16.2. The van der Waals surface area contributed by atoms with Crippen LogP contribution in [-0.2, 0) is 0 Å². The maximum absolute atomic E-state index is 14.9. The average molecular weight is 638 g/mol. The number of nitrogens with one attached hydrogen (secondary N) is 2. The average Bonchev–Trinajstić information content (AvgIpc) is 3.47. The Morgan fingerprint density at radius 1 is 0.708 bits per heavy atom. The van der Waals surface area contributed by atoms with Gasteiger partial charge in [0.2, 0.25) is 0 Å². The van der Waals surface area contributed by atoms with Crippen LogP contribution < -0.4 is 11.1 Å². The quantitative estimate of drug-likeness (QED) is 0.115. The molecule has 1 amide bonds. The predicted octanol–water partition coefficient (Wildman–Crippen LogP) is 5.76. The summed E-state index contributed by atoms with van der Waals surface area (Å²) in [6.07, 6.45) is 0.896. The van der Waals surface area contributed by atoms with E-state index < -0.39 is 6.04 Å². The van der Waals surface area contributed by atoms with Crippen LogP contribution in [0.15, 0.2) is 97.1 Å². The van der Waals surface area contributed by atoms with Gasteiger partial charge in [0.25, 0.3) is 5.91 Å². The topological polar surface area (TPSA) is 120 Å². The van der Waals surface area contributed by atoms with Gasteiger partial charge < -0.3 is 25.8 Å². The van der Waals surface area contributed by atoms with Crippen LogP contribution in [0.3, 0.4) is 0 Å². The third-order valence-electron chi connectivity index (χ3n) is 9.10. The fraction of sp³-hybridized carbons (Fsp3) is 0.231. The number of ketones is 1. The van der Waals surface area contributed by atoms with E-state index in [0.717, 1.165) is 69.7 Å². The Bertz CT molecular complexity index is 2240. The number of carbonyl (C=O) groups is 2. The highest BCUT2D eigenvalue weighted by Gasteiger charge is 2.29. The molecular formula is C39H39N7O2. The van der Waals surface area contributed by atoms with Gasteiger partial charge in [-0.3, -0.25) is 9.59 Å². The van der Waals surface area contributed by atoms with Gasteiger partial charge in [-0.2, -0.15) is 0 Å². The van der Waals surface area contributed by atoms with Crippen LogP contribution in [0, 0.1) is 0 Å². The second-order valence-corrected chi connectivity index (χ2v) is 12.5. The molecule has 0 aliphatic rings. The molecule has 0 radical (unpaired) electrons. The van der Waals surface area contributed by atoms with Crippen LogP contribution in [0.5, 0.6) is 0 Å². The number of aromatic nitrogens is 3. The molecule has 1 unspecified atom stereocenters. The Morgan fingerprint density at radius 2 is 1.25 bits per heavy atom. The lowest BCUT2D eigenvalue weighted by Crippen LogP contribution is -2.48. The second kappa shape index (κ2) is 13.5. The number of carbonyl (C=O) groups excluding carboxylic acids is 2. The minimum Gasteiger partial charge on any atom is -0.353 e. The molecule has 0 bridgehead atoms. The number of nitrogens with two attached hydrogens (primary N) is 1. The van der Waals surface area contributed by atoms with Crippen molar-refractivity contribution in [1.82, 2.24) is 30.1 Å². The van der Waals surface area contributed by atoms with Gasteiger partial charge in [-0.1, -0.05) is 72.8 Å². The third-order valence-corrected chi connectivity index (χ3v) is 9.10. The van der Waals surface area contributed by atoms with Crippen LogP contribution in [0.25, 0.3) is 54.6 Å². The first-order chi connectivity index (χ1) is 23.4. The molecule has 0 fully saturated rings. The van der Waals surface area contributed by atoms with Crippen molar-refractivity contribution >= 4 is 66.3 Å². The van der Waals surface area contributed by atoms with Crippen LogP contribution in [0.4, 0.5) is 0 Å². The molecule has 3 aromatic heterocycles. The second-order valence-electron chi connectivity index (χ2n) is 12.5. The lowest BCUT2D eigenvalue weighted by atomic mass is 9.94. The summed E-state index contributed by atoms with van der Waals surface area (Å²) in [7, 11) is 4.05. The predicted molar refractivity (Wildman–Crippen MR) is 195 cm³/mol. The zero-order valence-electron chi connectivity index (χ0n) is 27.2. The zero-order valence-corrected chi connectivity index (χ0v) is 27.2. The van der Waals surface area contributed by atoms with E-state index in [4.69, 9.17) is 15.7 Å². The summed E-state index contributed by atoms with van der Waals surface area (Å²) in [5.74, 6) is -0.487. The number of pyridine rings is 2. The molecule has 242 valence electrons. The fourth-order valence-corrected chi connectivity index (χ4v) is 6.75. The van der Waals surface area contributed by atoms with Crippen LogP contribution in [0.2, 0.25) is 0 Å². The first kappa shape index (κ1) is 31.4. The Balaban J connectivity index is 1.31. The molecular weight excluding hydrogens is 598 g/mol. The number of likely N-dealkylation sites (N-methyl/N-ethyl adjacent to an activating group) is 2. The summed E-state index contributed by atoms with van der Waals surface area (Å²) >= 11 is 0. The van der Waals surface area contributed by atoms with Crippen molar-refractivity contribution in [1.29, 1.82) is 0 Å². The first-order valence-corrected chi connectivity index (χ1v) is 16.4. The molecule has 7 aromatic rings. The van der Waals surface area contributed by atoms with Crippen LogP contribution in [-0.4, -0.2) is 89.3 Å². The number of nitrogens with zero attached hydrogens (tertiary/aromatic N) is 4. The van der Waals surface area contributed by atoms with Crippen molar-refractivity contribution in [2.45, 2.75) is 12.5 Å². The normalized spacial score (nSPS) is 12.6. The van der Waals surface area contributed by atoms with E-state index in [0.29, 0.717) is 35.2 Å². The van der Waals surface area contributed by atoms with Gasteiger partial charge in [-0.25, -0.2) is 9.97 Å². The lowest BCUT2D eigenvalue weighted by molar-refractivity contribution is 0.0838. The van der Waals surface area contributed by atoms with Gasteiger partial charge in [-0.15, -0.1) is 0 Å². The van der Waals surface area contributed by atoms with Gasteiger partial charge in [0.1, 0.15) is 6.04 Å². The van der Waals surface area contributed by atoms with E-state index in [1.165, 1.54) is 0 Å². The first-order valence-electron chi connectivity index (χ1n) is 16.4. The molecule has 48 heavy (non-hydrogen) atoms. The number of hydrogen-bond donors (Lipinski definition) is 3. The number of aromatic amines is 1. The maximum Gasteiger partial charge on any atom is 0.254 e. The van der Waals surface area contributed by atoms with Crippen molar-refractivity contribution in [2.75, 3.05) is 46.8 Å². The summed E-state index contributed by atoms with van der Waals surface area (Å²) in [6.45, 7) is 3.39. The van der Waals surface area contributed by atoms with E-state index >= 15 is 0 Å². The molecule has 9 heteroatoms. The molecule has 4 aromatic carbocycles. The molecule has 9 nitrogen and oxygen atoms in total. The minimum atomic E-state index is -0.843. The van der Waals surface area contributed by atoms with Crippen LogP contribution in [0.1, 0.15) is 27.1 Å². The van der Waals surface area contributed by atoms with Crippen LogP contribution >= 0.6 is 0 Å². The number of para-hydroxylation sites is 4. The number of amides is 1. The van der Waals surface area contributed by atoms with E-state index in [1.54, 1.807) is 0 Å². The van der Waals surface area contributed by atoms with E-state index in [1.807, 2.05) is 104 Å². The molecule has 0 saturated heterocycles. The summed E-state index contributed by atoms with van der Waals surface area (Å²) < 4.78 is 0. The summed E-state index contributed by atoms with van der Waals surface area (Å²) in [5, 5.41) is 6.40. The number of H-pyrrole nitrogens is 1. The van der Waals surface area contributed by atoms with E-state index in [-0.39, 0.29) is 11.7 Å². The molecule has 0 aliphatic heterocycles. The van der Waals surface area contributed by atoms with Crippen molar-refractivity contribution in [3.63, 3.8) is 0 Å². The molecule has 0 spiro atoms. The van der Waals surface area contributed by atoms with Crippen molar-refractivity contribution in [2.24, 2.45) is 5.73 Å². The number of Topliss-reactive ketones (excluding diaryl/α,β-unsaturated/α-hetero) is 1. The van der Waals surface area contributed by atoms with Crippen molar-refractivity contribution in [3.8, 4) is 0 Å². The van der Waals surface area contributed by atoms with Gasteiger partial charge in [0.05, 0.1) is 33.1 Å². The van der Waals surface area contributed by atoms with E-state index in [9.17, 15) is 9.59 Å². The monoisotopic (exact) mass is 637 g/mol. The number of benzene rings is 4. The molecule has 0 aliphatic carbocycles. The smallest absolute Gasteiger partial charge is 0.254 e.